The average molecular weight is 342 g/mol. The van der Waals surface area contributed by atoms with E-state index in [2.05, 4.69) is 28.4 Å². The van der Waals surface area contributed by atoms with Crippen molar-refractivity contribution < 1.29 is 9.53 Å². The van der Waals surface area contributed by atoms with Crippen molar-refractivity contribution in [3.8, 4) is 0 Å². The maximum absolute atomic E-state index is 12.0. The lowest BCUT2D eigenvalue weighted by molar-refractivity contribution is -0.116. The number of rotatable bonds is 6. The third-order valence-corrected chi connectivity index (χ3v) is 4.74. The van der Waals surface area contributed by atoms with Crippen LogP contribution in [0.2, 0.25) is 0 Å². The lowest BCUT2D eigenvalue weighted by atomic mass is 10.1. The third kappa shape index (κ3) is 5.03. The molecule has 24 heavy (non-hydrogen) atoms. The first-order chi connectivity index (χ1) is 11.8. The first-order valence-corrected chi connectivity index (χ1v) is 9.10. The summed E-state index contributed by atoms with van der Waals surface area (Å²) in [5, 5.41) is 6.99. The van der Waals surface area contributed by atoms with Gasteiger partial charge < -0.3 is 10.1 Å². The Labute approximate surface area is 146 Å². The van der Waals surface area contributed by atoms with Gasteiger partial charge >= 0.3 is 0 Å². The van der Waals surface area contributed by atoms with E-state index in [1.807, 2.05) is 29.0 Å². The van der Waals surface area contributed by atoms with E-state index in [1.54, 1.807) is 17.4 Å². The first kappa shape index (κ1) is 16.9. The molecule has 1 saturated heterocycles. The van der Waals surface area contributed by atoms with Crippen LogP contribution in [-0.4, -0.2) is 37.1 Å². The molecular weight excluding hydrogens is 320 g/mol. The molecule has 0 bridgehead atoms. The van der Waals surface area contributed by atoms with Crippen LogP contribution in [-0.2, 0) is 22.6 Å². The molecule has 3 rings (SSSR count). The molecule has 1 N–H and O–H groups in total. The molecule has 5 heteroatoms. The number of ether oxygens (including phenoxy) is 1. The van der Waals surface area contributed by atoms with Gasteiger partial charge in [-0.2, -0.15) is 11.3 Å². The van der Waals surface area contributed by atoms with Gasteiger partial charge in [0.15, 0.2) is 0 Å². The van der Waals surface area contributed by atoms with Gasteiger partial charge in [0.2, 0.25) is 5.91 Å². The molecule has 1 fully saturated rings. The molecule has 4 nitrogen and oxygen atoms in total. The minimum absolute atomic E-state index is 0.0672. The number of carbonyl (C=O) groups excluding carboxylic acids is 1. The van der Waals surface area contributed by atoms with E-state index in [9.17, 15) is 4.79 Å². The van der Waals surface area contributed by atoms with Crippen LogP contribution in [0.1, 0.15) is 16.7 Å². The molecule has 0 saturated carbocycles. The van der Waals surface area contributed by atoms with E-state index in [0.717, 1.165) is 38.4 Å². The van der Waals surface area contributed by atoms with Crippen molar-refractivity contribution in [2.75, 3.05) is 26.3 Å². The van der Waals surface area contributed by atoms with Crippen molar-refractivity contribution in [2.45, 2.75) is 13.1 Å². The van der Waals surface area contributed by atoms with Gasteiger partial charge in [0.25, 0.3) is 0 Å². The van der Waals surface area contributed by atoms with Crippen LogP contribution in [0.4, 0.5) is 0 Å². The van der Waals surface area contributed by atoms with E-state index < -0.39 is 0 Å². The molecule has 0 atom stereocenters. The van der Waals surface area contributed by atoms with Gasteiger partial charge in [-0.3, -0.25) is 9.69 Å². The number of benzene rings is 1. The Hall–Kier alpha value is -1.95. The standard InChI is InChI=1S/C19H22N2O2S/c22-19(6-5-16-7-12-24-15-16)20-13-17-3-1-2-4-18(17)14-21-8-10-23-11-9-21/h1-7,12,15H,8-11,13-14H2,(H,20,22)/b6-5+. The summed E-state index contributed by atoms with van der Waals surface area (Å²) < 4.78 is 5.40. The van der Waals surface area contributed by atoms with Crippen LogP contribution in [0.5, 0.6) is 0 Å². The van der Waals surface area contributed by atoms with Crippen molar-refractivity contribution in [1.82, 2.24) is 10.2 Å². The monoisotopic (exact) mass is 342 g/mol. The summed E-state index contributed by atoms with van der Waals surface area (Å²) in [5.41, 5.74) is 3.49. The van der Waals surface area contributed by atoms with Crippen molar-refractivity contribution in [2.24, 2.45) is 0 Å². The Morgan fingerprint density at radius 1 is 1.21 bits per heavy atom. The molecule has 0 aliphatic carbocycles. The summed E-state index contributed by atoms with van der Waals surface area (Å²) >= 11 is 1.62. The van der Waals surface area contributed by atoms with Crippen LogP contribution < -0.4 is 5.32 Å². The van der Waals surface area contributed by atoms with Crippen molar-refractivity contribution in [1.29, 1.82) is 0 Å². The second-order valence-corrected chi connectivity index (χ2v) is 6.55. The number of morpholine rings is 1. The van der Waals surface area contributed by atoms with Gasteiger partial charge in [0.1, 0.15) is 0 Å². The molecule has 2 aromatic rings. The van der Waals surface area contributed by atoms with Gasteiger partial charge in [0, 0.05) is 32.3 Å². The van der Waals surface area contributed by atoms with Gasteiger partial charge in [-0.25, -0.2) is 0 Å². The lowest BCUT2D eigenvalue weighted by Crippen LogP contribution is -2.36. The van der Waals surface area contributed by atoms with Crippen LogP contribution >= 0.6 is 11.3 Å². The van der Waals surface area contributed by atoms with Crippen molar-refractivity contribution in [3.63, 3.8) is 0 Å². The van der Waals surface area contributed by atoms with E-state index in [1.165, 1.54) is 11.1 Å². The minimum atomic E-state index is -0.0672. The first-order valence-electron chi connectivity index (χ1n) is 8.16. The molecule has 1 aromatic carbocycles. The zero-order chi connectivity index (χ0) is 16.6. The molecule has 0 spiro atoms. The van der Waals surface area contributed by atoms with Crippen molar-refractivity contribution >= 4 is 23.3 Å². The summed E-state index contributed by atoms with van der Waals surface area (Å²) in [6, 6.07) is 10.3. The van der Waals surface area contributed by atoms with E-state index in [0.29, 0.717) is 6.54 Å². The third-order valence-electron chi connectivity index (χ3n) is 4.04. The topological polar surface area (TPSA) is 41.6 Å². The zero-order valence-corrected chi connectivity index (χ0v) is 14.4. The summed E-state index contributed by atoms with van der Waals surface area (Å²) in [7, 11) is 0. The summed E-state index contributed by atoms with van der Waals surface area (Å²) in [4.78, 5) is 14.4. The van der Waals surface area contributed by atoms with E-state index in [-0.39, 0.29) is 5.91 Å². The van der Waals surface area contributed by atoms with Crippen molar-refractivity contribution in [3.05, 3.63) is 63.9 Å². The fraction of sp³-hybridized carbons (Fsp3) is 0.316. The molecule has 1 aromatic heterocycles. The number of nitrogens with zero attached hydrogens (tertiary/aromatic N) is 1. The summed E-state index contributed by atoms with van der Waals surface area (Å²) in [5.74, 6) is -0.0672. The van der Waals surface area contributed by atoms with Gasteiger partial charge in [-0.05, 0) is 39.6 Å². The number of carbonyl (C=O) groups is 1. The van der Waals surface area contributed by atoms with E-state index >= 15 is 0 Å². The maximum Gasteiger partial charge on any atom is 0.244 e. The fourth-order valence-electron chi connectivity index (χ4n) is 2.67. The SMILES string of the molecule is O=C(/C=C/c1ccsc1)NCc1ccccc1CN1CCOCC1. The normalized spacial score (nSPS) is 15.7. The number of amides is 1. The molecule has 0 unspecified atom stereocenters. The highest BCUT2D eigenvalue weighted by molar-refractivity contribution is 7.08. The fourth-order valence-corrected chi connectivity index (χ4v) is 3.30. The highest BCUT2D eigenvalue weighted by atomic mass is 32.1. The van der Waals surface area contributed by atoms with Crippen LogP contribution in [0, 0.1) is 0 Å². The highest BCUT2D eigenvalue weighted by Gasteiger charge is 2.12. The van der Waals surface area contributed by atoms with E-state index in [4.69, 9.17) is 4.74 Å². The zero-order valence-electron chi connectivity index (χ0n) is 13.6. The Kier molecular flexibility index (Phi) is 6.18. The maximum atomic E-state index is 12.0. The second-order valence-electron chi connectivity index (χ2n) is 5.77. The van der Waals surface area contributed by atoms with Gasteiger partial charge in [-0.1, -0.05) is 24.3 Å². The molecule has 1 amide bonds. The largest absolute Gasteiger partial charge is 0.379 e. The Bertz CT molecular complexity index is 676. The molecule has 2 heterocycles. The quantitative estimate of drug-likeness (QED) is 0.821. The second kappa shape index (κ2) is 8.78. The van der Waals surface area contributed by atoms with Gasteiger partial charge in [0.05, 0.1) is 13.2 Å². The average Bonchev–Trinajstić information content (AvgIpc) is 3.14. The van der Waals surface area contributed by atoms with Gasteiger partial charge in [-0.15, -0.1) is 0 Å². The number of hydrogen-bond acceptors (Lipinski definition) is 4. The predicted molar refractivity (Wildman–Crippen MR) is 97.7 cm³/mol. The van der Waals surface area contributed by atoms with Crippen LogP contribution in [0.25, 0.3) is 6.08 Å². The van der Waals surface area contributed by atoms with Crippen LogP contribution in [0.3, 0.4) is 0 Å². The molecule has 1 aliphatic rings. The molecule has 1 aliphatic heterocycles. The molecular formula is C19H22N2O2S. The minimum Gasteiger partial charge on any atom is -0.379 e. The Morgan fingerprint density at radius 3 is 2.75 bits per heavy atom. The smallest absolute Gasteiger partial charge is 0.244 e. The molecule has 126 valence electrons. The number of thiophene rings is 1. The number of hydrogen-bond donors (Lipinski definition) is 1. The summed E-state index contributed by atoms with van der Waals surface area (Å²) in [6.07, 6.45) is 3.43. The number of nitrogens with one attached hydrogen (secondary N) is 1. The molecule has 0 radical (unpaired) electrons. The Balaban J connectivity index is 1.55. The summed E-state index contributed by atoms with van der Waals surface area (Å²) in [6.45, 7) is 4.97. The lowest BCUT2D eigenvalue weighted by Gasteiger charge is -2.27. The predicted octanol–water partition coefficient (Wildman–Crippen LogP) is 2.91. The highest BCUT2D eigenvalue weighted by Crippen LogP contribution is 2.13. The Morgan fingerprint density at radius 2 is 2.00 bits per heavy atom. The van der Waals surface area contributed by atoms with Crippen LogP contribution in [0.15, 0.2) is 47.2 Å².